The van der Waals surface area contributed by atoms with E-state index in [1.54, 1.807) is 13.3 Å². The topological polar surface area (TPSA) is 9.23 Å². The van der Waals surface area contributed by atoms with Crippen molar-refractivity contribution in [3.63, 3.8) is 0 Å². The van der Waals surface area contributed by atoms with E-state index >= 15 is 0 Å². The Morgan fingerprint density at radius 3 is 1.39 bits per heavy atom. The molecule has 0 saturated carbocycles. The van der Waals surface area contributed by atoms with E-state index in [2.05, 4.69) is 74.5 Å². The van der Waals surface area contributed by atoms with E-state index in [0.717, 1.165) is 6.61 Å². The zero-order valence-corrected chi connectivity index (χ0v) is 24.9. The Morgan fingerprint density at radius 2 is 1.07 bits per heavy atom. The van der Waals surface area contributed by atoms with E-state index in [-0.39, 0.29) is 0 Å². The van der Waals surface area contributed by atoms with Crippen molar-refractivity contribution in [3.05, 3.63) is 12.2 Å². The third kappa shape index (κ3) is 9.24. The number of hydrogen-bond acceptors (Lipinski definition) is 1. The normalized spacial score (nSPS) is 13.6. The minimum atomic E-state index is -2.01. The molecule has 3 heteroatoms. The zero-order valence-electron chi connectivity index (χ0n) is 21.1. The van der Waals surface area contributed by atoms with Gasteiger partial charge in [0.15, 0.2) is 0 Å². The molecule has 0 aromatic heterocycles. The molecule has 0 N–H and O–H groups in total. The number of rotatable bonds is 17. The summed E-state index contributed by atoms with van der Waals surface area (Å²) in [6.07, 6.45) is 13.5. The Bertz CT molecular complexity index is 360. The summed E-state index contributed by atoms with van der Waals surface area (Å²) in [5.41, 5.74) is 2.04. The Labute approximate surface area is 184 Å². The molecule has 0 bridgehead atoms. The van der Waals surface area contributed by atoms with E-state index in [1.165, 1.54) is 43.0 Å². The zero-order chi connectivity index (χ0) is 21.6. The molecule has 0 aliphatic heterocycles. The molecule has 0 heterocycles. The number of unbranched alkanes of at least 4 members (excludes halogenated alkanes) is 3. The van der Waals surface area contributed by atoms with Gasteiger partial charge in [0.1, 0.15) is 0 Å². The van der Waals surface area contributed by atoms with Gasteiger partial charge in [-0.25, -0.2) is 0 Å². The van der Waals surface area contributed by atoms with Crippen molar-refractivity contribution in [1.29, 1.82) is 0 Å². The minimum absolute atomic E-state index is 0.679. The number of hydrogen-bond donors (Lipinski definition) is 0. The second-order valence-corrected chi connectivity index (χ2v) is 29.6. The average Bonchev–Trinajstić information content (AvgIpc) is 2.64. The molecule has 0 aliphatic carbocycles. The monoisotopic (exact) mass is 518 g/mol. The molecule has 0 unspecified atom stereocenters. The van der Waals surface area contributed by atoms with Crippen LogP contribution >= 0.6 is 0 Å². The molecule has 28 heavy (non-hydrogen) atoms. The predicted octanol–water partition coefficient (Wildman–Crippen LogP) is 9.58. The van der Waals surface area contributed by atoms with Crippen LogP contribution in [0.2, 0.25) is 34.4 Å². The second kappa shape index (κ2) is 15.5. The van der Waals surface area contributed by atoms with Crippen molar-refractivity contribution >= 4 is 26.7 Å². The van der Waals surface area contributed by atoms with Crippen LogP contribution in [-0.4, -0.2) is 33.3 Å². The van der Waals surface area contributed by atoms with Gasteiger partial charge in [-0.15, -0.1) is 0 Å². The molecular formula is C25H54OSiSn. The molecule has 0 saturated heterocycles. The van der Waals surface area contributed by atoms with Gasteiger partial charge in [-0.2, -0.15) is 0 Å². The quantitative estimate of drug-likeness (QED) is 0.138. The number of allylic oxidation sites excluding steroid dienone is 1. The molecular weight excluding hydrogens is 463 g/mol. The first-order chi connectivity index (χ1) is 13.2. The standard InChI is InChI=1S/C13H27OSi.3C4H9.Sn/c1-8-9-10-14-15(11(2)3,12(4)5)13(6)7;3*1-3-4-2;/h8-9,11-13H,1,10H2,2-7H3;3*1,3-4H2,2H3;/b9-8+;;;;. The average molecular weight is 518 g/mol. The molecule has 0 aliphatic rings. The summed E-state index contributed by atoms with van der Waals surface area (Å²) in [5, 5.41) is 0. The van der Waals surface area contributed by atoms with Crippen LogP contribution in [0.15, 0.2) is 12.2 Å². The Kier molecular flexibility index (Phi) is 15.9. The van der Waals surface area contributed by atoms with Gasteiger partial charge >= 0.3 is 185 Å². The molecule has 0 fully saturated rings. The summed E-state index contributed by atoms with van der Waals surface area (Å²) in [6.45, 7) is 22.3. The van der Waals surface area contributed by atoms with E-state index in [4.69, 9.17) is 4.43 Å². The summed E-state index contributed by atoms with van der Waals surface area (Å²) < 4.78 is 13.0. The summed E-state index contributed by atoms with van der Waals surface area (Å²) in [5.74, 6) is 0. The fraction of sp³-hybridized carbons (Fsp3) is 0.920. The molecule has 0 amide bonds. The van der Waals surface area contributed by atoms with Crippen LogP contribution in [0.1, 0.15) is 101 Å². The van der Waals surface area contributed by atoms with Crippen molar-refractivity contribution in [2.75, 3.05) is 6.61 Å². The summed E-state index contributed by atoms with van der Waals surface area (Å²) >= 11 is -2.01. The van der Waals surface area contributed by atoms with E-state index in [9.17, 15) is 0 Å². The molecule has 0 aromatic carbocycles. The van der Waals surface area contributed by atoms with Gasteiger partial charge in [0.05, 0.1) is 0 Å². The summed E-state index contributed by atoms with van der Waals surface area (Å²) in [6, 6.07) is 0. The summed E-state index contributed by atoms with van der Waals surface area (Å²) in [4.78, 5) is 0. The van der Waals surface area contributed by atoms with Crippen molar-refractivity contribution in [2.45, 2.75) is 135 Å². The van der Waals surface area contributed by atoms with Crippen LogP contribution in [0.25, 0.3) is 0 Å². The van der Waals surface area contributed by atoms with Crippen molar-refractivity contribution in [2.24, 2.45) is 0 Å². The van der Waals surface area contributed by atoms with Crippen LogP contribution in [-0.2, 0) is 4.43 Å². The SMILES string of the molecule is CCC[CH2][Sn]([CH2]/C=C/CO[Si](C(C)C)(C(C)C)C(C)C)([CH2]CCC)[CH2]CCC. The Balaban J connectivity index is 5.08. The van der Waals surface area contributed by atoms with Crippen LogP contribution in [0.3, 0.4) is 0 Å². The van der Waals surface area contributed by atoms with E-state index in [0.29, 0.717) is 16.6 Å². The second-order valence-electron chi connectivity index (χ2n) is 10.1. The Morgan fingerprint density at radius 1 is 0.679 bits per heavy atom. The van der Waals surface area contributed by atoms with Gasteiger partial charge in [-0.3, -0.25) is 0 Å². The van der Waals surface area contributed by atoms with Crippen LogP contribution in [0.5, 0.6) is 0 Å². The molecule has 0 rings (SSSR count). The maximum absolute atomic E-state index is 6.75. The van der Waals surface area contributed by atoms with Crippen LogP contribution in [0.4, 0.5) is 0 Å². The van der Waals surface area contributed by atoms with Gasteiger partial charge < -0.3 is 0 Å². The third-order valence-corrected chi connectivity index (χ3v) is 28.4. The van der Waals surface area contributed by atoms with Gasteiger partial charge in [0.25, 0.3) is 0 Å². The van der Waals surface area contributed by atoms with Gasteiger partial charge in [-0.1, -0.05) is 0 Å². The summed E-state index contributed by atoms with van der Waals surface area (Å²) in [7, 11) is -1.72. The van der Waals surface area contributed by atoms with Crippen LogP contribution < -0.4 is 0 Å². The molecule has 0 spiro atoms. The van der Waals surface area contributed by atoms with Crippen molar-refractivity contribution in [1.82, 2.24) is 0 Å². The van der Waals surface area contributed by atoms with E-state index in [1.807, 2.05) is 0 Å². The first-order valence-electron chi connectivity index (χ1n) is 12.5. The van der Waals surface area contributed by atoms with E-state index < -0.39 is 26.7 Å². The maximum atomic E-state index is 6.75. The molecule has 0 aromatic rings. The fourth-order valence-corrected chi connectivity index (χ4v) is 26.1. The first-order valence-corrected chi connectivity index (χ1v) is 22.7. The van der Waals surface area contributed by atoms with Crippen LogP contribution in [0, 0.1) is 0 Å². The van der Waals surface area contributed by atoms with Gasteiger partial charge in [-0.05, 0) is 0 Å². The van der Waals surface area contributed by atoms with Gasteiger partial charge in [0.2, 0.25) is 0 Å². The third-order valence-electron chi connectivity index (χ3n) is 7.04. The van der Waals surface area contributed by atoms with Crippen molar-refractivity contribution in [3.8, 4) is 0 Å². The molecule has 0 atom stereocenters. The first kappa shape index (κ1) is 28.7. The molecule has 0 radical (unpaired) electrons. The Hall–Kier alpha value is 0.716. The fourth-order valence-electron chi connectivity index (χ4n) is 5.43. The molecule has 1 nitrogen and oxygen atoms in total. The van der Waals surface area contributed by atoms with Gasteiger partial charge in [0, 0.05) is 0 Å². The molecule has 168 valence electrons. The predicted molar refractivity (Wildman–Crippen MR) is 136 cm³/mol. The van der Waals surface area contributed by atoms with Crippen molar-refractivity contribution < 1.29 is 4.43 Å².